The third-order valence-electron chi connectivity index (χ3n) is 1.38. The Morgan fingerprint density at radius 2 is 2.08 bits per heavy atom. The third kappa shape index (κ3) is 1.82. The van der Waals surface area contributed by atoms with Crippen molar-refractivity contribution in [2.24, 2.45) is 0 Å². The Bertz CT molecular complexity index is 311. The van der Waals surface area contributed by atoms with Crippen LogP contribution in [0.25, 0.3) is 0 Å². The molecular weight excluding hydrogens is 187 g/mol. The van der Waals surface area contributed by atoms with Crippen LogP contribution in [0.3, 0.4) is 0 Å². The first-order valence-corrected chi connectivity index (χ1v) is 3.26. The Morgan fingerprint density at radius 1 is 1.46 bits per heavy atom. The summed E-state index contributed by atoms with van der Waals surface area (Å²) in [7, 11) is 1.16. The zero-order chi connectivity index (χ0) is 10.1. The number of nitrogens with zero attached hydrogens (tertiary/aromatic N) is 1. The Labute approximate surface area is 71.8 Å². The van der Waals surface area contributed by atoms with Crippen LogP contribution in [0.15, 0.2) is 12.3 Å². The first-order valence-electron chi connectivity index (χ1n) is 3.26. The summed E-state index contributed by atoms with van der Waals surface area (Å²) in [4.78, 5) is 3.00. The van der Waals surface area contributed by atoms with E-state index in [2.05, 4.69) is 9.72 Å². The van der Waals surface area contributed by atoms with Gasteiger partial charge >= 0.3 is 6.18 Å². The van der Waals surface area contributed by atoms with Gasteiger partial charge in [0.2, 0.25) is 0 Å². The molecule has 0 aromatic carbocycles. The molecule has 0 atom stereocenters. The second-order valence-electron chi connectivity index (χ2n) is 2.21. The van der Waals surface area contributed by atoms with E-state index in [0.717, 1.165) is 19.4 Å². The van der Waals surface area contributed by atoms with E-state index in [9.17, 15) is 13.2 Å². The molecule has 0 fully saturated rings. The molecule has 1 aromatic rings. The van der Waals surface area contributed by atoms with Gasteiger partial charge in [0.05, 0.1) is 7.11 Å². The number of halogens is 3. The fourth-order valence-corrected chi connectivity index (χ4v) is 0.808. The third-order valence-corrected chi connectivity index (χ3v) is 1.38. The first-order chi connectivity index (χ1) is 5.96. The summed E-state index contributed by atoms with van der Waals surface area (Å²) >= 11 is 0. The van der Waals surface area contributed by atoms with Crippen LogP contribution in [0.4, 0.5) is 13.2 Å². The quantitative estimate of drug-likeness (QED) is 0.739. The molecule has 0 saturated carbocycles. The summed E-state index contributed by atoms with van der Waals surface area (Å²) in [6.45, 7) is 0. The van der Waals surface area contributed by atoms with Crippen LogP contribution in [0.1, 0.15) is 5.69 Å². The van der Waals surface area contributed by atoms with Crippen molar-refractivity contribution in [3.8, 4) is 11.5 Å². The second kappa shape index (κ2) is 3.12. The number of methoxy groups -OCH3 is 1. The molecule has 0 radical (unpaired) electrons. The lowest BCUT2D eigenvalue weighted by Gasteiger charge is -2.09. The number of alkyl halides is 3. The van der Waals surface area contributed by atoms with E-state index in [0.29, 0.717) is 0 Å². The number of rotatable bonds is 1. The van der Waals surface area contributed by atoms with Gasteiger partial charge in [-0.15, -0.1) is 0 Å². The first kappa shape index (κ1) is 9.63. The highest BCUT2D eigenvalue weighted by molar-refractivity contribution is 5.42. The molecule has 0 aliphatic rings. The van der Waals surface area contributed by atoms with Crippen molar-refractivity contribution >= 4 is 0 Å². The molecule has 0 amide bonds. The summed E-state index contributed by atoms with van der Waals surface area (Å²) in [5, 5.41) is 9.02. The van der Waals surface area contributed by atoms with Gasteiger partial charge in [0.1, 0.15) is 0 Å². The highest BCUT2D eigenvalue weighted by Gasteiger charge is 2.37. The number of hydrogen-bond acceptors (Lipinski definition) is 3. The van der Waals surface area contributed by atoms with Gasteiger partial charge < -0.3 is 9.84 Å². The number of aromatic hydroxyl groups is 1. The van der Waals surface area contributed by atoms with Crippen molar-refractivity contribution in [2.75, 3.05) is 7.11 Å². The van der Waals surface area contributed by atoms with E-state index in [1.165, 1.54) is 0 Å². The van der Waals surface area contributed by atoms with Crippen molar-refractivity contribution in [2.45, 2.75) is 6.18 Å². The van der Waals surface area contributed by atoms with E-state index in [-0.39, 0.29) is 5.75 Å². The van der Waals surface area contributed by atoms with Crippen molar-refractivity contribution in [1.29, 1.82) is 0 Å². The van der Waals surface area contributed by atoms with Gasteiger partial charge in [0.25, 0.3) is 0 Å². The van der Waals surface area contributed by atoms with Gasteiger partial charge in [0.15, 0.2) is 17.2 Å². The molecule has 6 heteroatoms. The Hall–Kier alpha value is -1.46. The van der Waals surface area contributed by atoms with E-state index in [4.69, 9.17) is 5.11 Å². The van der Waals surface area contributed by atoms with Crippen molar-refractivity contribution < 1.29 is 23.0 Å². The smallest absolute Gasteiger partial charge is 0.437 e. The van der Waals surface area contributed by atoms with Crippen LogP contribution in [0.2, 0.25) is 0 Å². The molecule has 1 aromatic heterocycles. The molecule has 1 N–H and O–H groups in total. The number of hydrogen-bond donors (Lipinski definition) is 1. The van der Waals surface area contributed by atoms with E-state index >= 15 is 0 Å². The lowest BCUT2D eigenvalue weighted by atomic mass is 10.3. The average Bonchev–Trinajstić information content (AvgIpc) is 2.02. The largest absolute Gasteiger partial charge is 0.503 e. The normalized spacial score (nSPS) is 11.4. The molecule has 72 valence electrons. The fraction of sp³-hybridized carbons (Fsp3) is 0.286. The highest BCUT2D eigenvalue weighted by Crippen LogP contribution is 2.38. The predicted octanol–water partition coefficient (Wildman–Crippen LogP) is 1.81. The minimum absolute atomic E-state index is 0.248. The molecule has 0 spiro atoms. The van der Waals surface area contributed by atoms with Crippen LogP contribution < -0.4 is 4.74 Å². The molecule has 13 heavy (non-hydrogen) atoms. The monoisotopic (exact) mass is 193 g/mol. The minimum atomic E-state index is -4.67. The molecule has 0 unspecified atom stereocenters. The summed E-state index contributed by atoms with van der Waals surface area (Å²) in [6.07, 6.45) is -3.75. The zero-order valence-corrected chi connectivity index (χ0v) is 6.59. The predicted molar refractivity (Wildman–Crippen MR) is 37.5 cm³/mol. The van der Waals surface area contributed by atoms with Crippen LogP contribution in [0, 0.1) is 0 Å². The molecular formula is C7H6F3NO2. The van der Waals surface area contributed by atoms with Crippen molar-refractivity contribution in [1.82, 2.24) is 4.98 Å². The Balaban J connectivity index is 3.24. The van der Waals surface area contributed by atoms with Crippen LogP contribution in [-0.2, 0) is 6.18 Å². The number of aromatic nitrogens is 1. The fourth-order valence-electron chi connectivity index (χ4n) is 0.808. The average molecular weight is 193 g/mol. The summed E-state index contributed by atoms with van der Waals surface area (Å²) in [5.74, 6) is -1.24. The van der Waals surface area contributed by atoms with Gasteiger partial charge in [-0.25, -0.2) is 4.98 Å². The Kier molecular flexibility index (Phi) is 2.31. The van der Waals surface area contributed by atoms with Gasteiger partial charge in [-0.3, -0.25) is 0 Å². The van der Waals surface area contributed by atoms with Gasteiger partial charge in [-0.1, -0.05) is 0 Å². The summed E-state index contributed by atoms with van der Waals surface area (Å²) in [5.41, 5.74) is -1.34. The van der Waals surface area contributed by atoms with Crippen LogP contribution in [0.5, 0.6) is 11.5 Å². The molecule has 3 nitrogen and oxygen atoms in total. The lowest BCUT2D eigenvalue weighted by molar-refractivity contribution is -0.142. The van der Waals surface area contributed by atoms with Crippen molar-refractivity contribution in [3.63, 3.8) is 0 Å². The molecule has 1 rings (SSSR count). The maximum atomic E-state index is 12.1. The maximum absolute atomic E-state index is 12.1. The summed E-state index contributed by atoms with van der Waals surface area (Å²) < 4.78 is 40.8. The van der Waals surface area contributed by atoms with Gasteiger partial charge in [-0.05, 0) is 0 Å². The van der Waals surface area contributed by atoms with Gasteiger partial charge in [0, 0.05) is 12.3 Å². The highest BCUT2D eigenvalue weighted by atomic mass is 19.4. The summed E-state index contributed by atoms with van der Waals surface area (Å²) in [6, 6.07) is 1.14. The standard InChI is InChI=1S/C7H6F3NO2/c1-13-4-2-3-11-6(5(4)12)7(8,9)10/h2-3,12H,1H3. The molecule has 0 saturated heterocycles. The molecule has 1 heterocycles. The molecule has 0 aliphatic carbocycles. The lowest BCUT2D eigenvalue weighted by Crippen LogP contribution is -2.08. The van der Waals surface area contributed by atoms with Crippen molar-refractivity contribution in [3.05, 3.63) is 18.0 Å². The zero-order valence-electron chi connectivity index (χ0n) is 6.59. The Morgan fingerprint density at radius 3 is 2.54 bits per heavy atom. The van der Waals surface area contributed by atoms with E-state index in [1.54, 1.807) is 0 Å². The minimum Gasteiger partial charge on any atom is -0.503 e. The van der Waals surface area contributed by atoms with Crippen LogP contribution in [-0.4, -0.2) is 17.2 Å². The SMILES string of the molecule is COc1ccnc(C(F)(F)F)c1O. The number of ether oxygens (including phenoxy) is 1. The second-order valence-corrected chi connectivity index (χ2v) is 2.21. The van der Waals surface area contributed by atoms with E-state index < -0.39 is 17.6 Å². The van der Waals surface area contributed by atoms with Gasteiger partial charge in [-0.2, -0.15) is 13.2 Å². The van der Waals surface area contributed by atoms with E-state index in [1.807, 2.05) is 0 Å². The molecule has 0 aliphatic heterocycles. The van der Waals surface area contributed by atoms with Crippen LogP contribution >= 0.6 is 0 Å². The maximum Gasteiger partial charge on any atom is 0.437 e. The number of pyridine rings is 1. The molecule has 0 bridgehead atoms. The topological polar surface area (TPSA) is 42.4 Å².